The molecular weight excluding hydrogens is 378 g/mol. The van der Waals surface area contributed by atoms with Crippen LogP contribution in [0.15, 0.2) is 42.5 Å². The maximum absolute atomic E-state index is 12.2. The minimum Gasteiger partial charge on any atom is -0.486 e. The van der Waals surface area contributed by atoms with Crippen LogP contribution >= 0.6 is 0 Å². The van der Waals surface area contributed by atoms with E-state index in [0.717, 1.165) is 5.56 Å². The van der Waals surface area contributed by atoms with Crippen molar-refractivity contribution in [2.75, 3.05) is 19.8 Å². The van der Waals surface area contributed by atoms with Gasteiger partial charge < -0.3 is 20.1 Å². The lowest BCUT2D eigenvalue weighted by atomic mass is 10.1. The highest BCUT2D eigenvalue weighted by Crippen LogP contribution is 2.32. The van der Waals surface area contributed by atoms with Crippen molar-refractivity contribution < 1.29 is 24.0 Å². The Morgan fingerprint density at radius 1 is 1.10 bits per heavy atom. The van der Waals surface area contributed by atoms with Gasteiger partial charge in [0.25, 0.3) is 11.6 Å². The number of nitro benzene ring substituents is 1. The third kappa shape index (κ3) is 5.22. The van der Waals surface area contributed by atoms with E-state index in [0.29, 0.717) is 30.3 Å². The second kappa shape index (κ2) is 9.05. The van der Waals surface area contributed by atoms with Gasteiger partial charge >= 0.3 is 0 Å². The Morgan fingerprint density at radius 3 is 2.48 bits per heavy atom. The zero-order chi connectivity index (χ0) is 20.8. The van der Waals surface area contributed by atoms with Crippen molar-refractivity contribution >= 4 is 17.5 Å². The van der Waals surface area contributed by atoms with Crippen LogP contribution in [-0.2, 0) is 4.79 Å². The lowest BCUT2D eigenvalue weighted by Gasteiger charge is -2.21. The molecule has 29 heavy (non-hydrogen) atoms. The molecule has 1 heterocycles. The molecule has 2 aromatic rings. The van der Waals surface area contributed by atoms with E-state index in [9.17, 15) is 19.7 Å². The van der Waals surface area contributed by atoms with Gasteiger partial charge in [-0.15, -0.1) is 0 Å². The number of rotatable bonds is 7. The predicted octanol–water partition coefficient (Wildman–Crippen LogP) is 2.36. The summed E-state index contributed by atoms with van der Waals surface area (Å²) in [5.41, 5.74) is 1.09. The topological polar surface area (TPSA) is 120 Å². The molecule has 9 nitrogen and oxygen atoms in total. The van der Waals surface area contributed by atoms with E-state index >= 15 is 0 Å². The normalized spacial score (nSPS) is 13.3. The maximum Gasteiger partial charge on any atom is 0.269 e. The van der Waals surface area contributed by atoms with Gasteiger partial charge in [-0.25, -0.2) is 0 Å². The number of amides is 2. The van der Waals surface area contributed by atoms with Gasteiger partial charge in [0.1, 0.15) is 13.2 Å². The van der Waals surface area contributed by atoms with Crippen molar-refractivity contribution in [1.29, 1.82) is 0 Å². The molecule has 9 heteroatoms. The maximum atomic E-state index is 12.2. The number of nitrogens with one attached hydrogen (secondary N) is 2. The van der Waals surface area contributed by atoms with Crippen LogP contribution in [0.5, 0.6) is 11.5 Å². The lowest BCUT2D eigenvalue weighted by molar-refractivity contribution is -0.384. The molecule has 2 aromatic carbocycles. The van der Waals surface area contributed by atoms with Crippen LogP contribution in [0.25, 0.3) is 0 Å². The van der Waals surface area contributed by atoms with Gasteiger partial charge in [-0.05, 0) is 36.8 Å². The van der Waals surface area contributed by atoms with Crippen molar-refractivity contribution in [3.63, 3.8) is 0 Å². The van der Waals surface area contributed by atoms with Crippen LogP contribution in [0.1, 0.15) is 35.3 Å². The first kappa shape index (κ1) is 20.1. The number of benzene rings is 2. The Hall–Kier alpha value is -3.62. The van der Waals surface area contributed by atoms with E-state index in [2.05, 4.69) is 10.6 Å². The lowest BCUT2D eigenvalue weighted by Crippen LogP contribution is -2.32. The van der Waals surface area contributed by atoms with Gasteiger partial charge in [0.15, 0.2) is 11.5 Å². The third-order valence-corrected chi connectivity index (χ3v) is 4.42. The highest BCUT2D eigenvalue weighted by molar-refractivity contribution is 5.94. The summed E-state index contributed by atoms with van der Waals surface area (Å²) in [7, 11) is 0. The molecule has 0 fully saturated rings. The molecule has 1 aliphatic heterocycles. The molecule has 0 aromatic heterocycles. The van der Waals surface area contributed by atoms with Gasteiger partial charge in [-0.3, -0.25) is 19.7 Å². The fourth-order valence-corrected chi connectivity index (χ4v) is 2.85. The Balaban J connectivity index is 1.45. The van der Waals surface area contributed by atoms with E-state index in [1.54, 1.807) is 0 Å². The summed E-state index contributed by atoms with van der Waals surface area (Å²) in [6.45, 7) is 3.02. The molecule has 0 unspecified atom stereocenters. The number of ether oxygens (including phenoxy) is 2. The Morgan fingerprint density at radius 2 is 1.79 bits per heavy atom. The van der Waals surface area contributed by atoms with Crippen molar-refractivity contribution in [2.24, 2.45) is 0 Å². The highest BCUT2D eigenvalue weighted by atomic mass is 16.6. The van der Waals surface area contributed by atoms with Crippen molar-refractivity contribution in [2.45, 2.75) is 19.4 Å². The standard InChI is InChI=1S/C20H21N3O6/c1-13(15-4-7-17-18(12-15)29-11-10-28-17)22-19(24)8-9-21-20(25)14-2-5-16(6-3-14)23(26)27/h2-7,12-13H,8-11H2,1H3,(H,21,25)(H,22,24)/t13-/m0/s1. The quantitative estimate of drug-likeness (QED) is 0.545. The number of carbonyl (C=O) groups is 2. The number of non-ortho nitro benzene ring substituents is 1. The smallest absolute Gasteiger partial charge is 0.269 e. The molecule has 1 atom stereocenters. The first-order valence-corrected chi connectivity index (χ1v) is 9.15. The summed E-state index contributed by atoms with van der Waals surface area (Å²) in [4.78, 5) is 34.3. The monoisotopic (exact) mass is 399 g/mol. The molecule has 152 valence electrons. The number of fused-ring (bicyclic) bond motifs is 1. The second-order valence-electron chi connectivity index (χ2n) is 6.50. The summed E-state index contributed by atoms with van der Waals surface area (Å²) in [5.74, 6) is 0.738. The zero-order valence-corrected chi connectivity index (χ0v) is 15.8. The average molecular weight is 399 g/mol. The number of hydrogen-bond donors (Lipinski definition) is 2. The first-order chi connectivity index (χ1) is 13.9. The van der Waals surface area contributed by atoms with E-state index in [-0.39, 0.29) is 30.6 Å². The van der Waals surface area contributed by atoms with E-state index in [4.69, 9.17) is 9.47 Å². The first-order valence-electron chi connectivity index (χ1n) is 9.15. The molecule has 0 saturated carbocycles. The van der Waals surface area contributed by atoms with Crippen LogP contribution in [-0.4, -0.2) is 36.5 Å². The van der Waals surface area contributed by atoms with Crippen molar-refractivity contribution in [1.82, 2.24) is 10.6 Å². The van der Waals surface area contributed by atoms with Crippen LogP contribution in [0.2, 0.25) is 0 Å². The second-order valence-corrected chi connectivity index (χ2v) is 6.50. The summed E-state index contributed by atoms with van der Waals surface area (Å²) in [6, 6.07) is 10.6. The fourth-order valence-electron chi connectivity index (χ4n) is 2.85. The van der Waals surface area contributed by atoms with E-state index in [1.165, 1.54) is 24.3 Å². The van der Waals surface area contributed by atoms with Crippen LogP contribution in [0.4, 0.5) is 5.69 Å². The largest absolute Gasteiger partial charge is 0.486 e. The molecule has 0 aliphatic carbocycles. The summed E-state index contributed by atoms with van der Waals surface area (Å²) >= 11 is 0. The van der Waals surface area contributed by atoms with Crippen molar-refractivity contribution in [3.8, 4) is 11.5 Å². The summed E-state index contributed by atoms with van der Waals surface area (Å²) < 4.78 is 11.0. The fraction of sp³-hybridized carbons (Fsp3) is 0.300. The molecule has 0 saturated heterocycles. The number of nitrogens with zero attached hydrogens (tertiary/aromatic N) is 1. The minimum absolute atomic E-state index is 0.0888. The van der Waals surface area contributed by atoms with Crippen LogP contribution in [0, 0.1) is 10.1 Å². The summed E-state index contributed by atoms with van der Waals surface area (Å²) in [5, 5.41) is 16.1. The van der Waals surface area contributed by atoms with E-state index < -0.39 is 10.8 Å². The number of carbonyl (C=O) groups excluding carboxylic acids is 2. The SMILES string of the molecule is C[C@H](NC(=O)CCNC(=O)c1ccc([N+](=O)[O-])cc1)c1ccc2c(c1)OCCO2. The molecular formula is C20H21N3O6. The van der Waals surface area contributed by atoms with Crippen LogP contribution in [0.3, 0.4) is 0 Å². The molecule has 2 amide bonds. The molecule has 3 rings (SSSR count). The van der Waals surface area contributed by atoms with Gasteiger partial charge in [-0.1, -0.05) is 6.07 Å². The van der Waals surface area contributed by atoms with Crippen molar-refractivity contribution in [3.05, 3.63) is 63.7 Å². The van der Waals surface area contributed by atoms with Crippen LogP contribution < -0.4 is 20.1 Å². The predicted molar refractivity (Wildman–Crippen MR) is 104 cm³/mol. The molecule has 0 bridgehead atoms. The zero-order valence-electron chi connectivity index (χ0n) is 15.8. The van der Waals surface area contributed by atoms with Gasteiger partial charge in [0.05, 0.1) is 11.0 Å². The molecule has 0 spiro atoms. The molecule has 1 aliphatic rings. The van der Waals surface area contributed by atoms with Gasteiger partial charge in [-0.2, -0.15) is 0 Å². The Labute approximate surface area is 167 Å². The molecule has 0 radical (unpaired) electrons. The Kier molecular flexibility index (Phi) is 6.28. The summed E-state index contributed by atoms with van der Waals surface area (Å²) in [6.07, 6.45) is 0.105. The third-order valence-electron chi connectivity index (χ3n) is 4.42. The minimum atomic E-state index is -0.533. The molecule has 2 N–H and O–H groups in total. The Bertz CT molecular complexity index is 913. The average Bonchev–Trinajstić information content (AvgIpc) is 2.73. The van der Waals surface area contributed by atoms with E-state index in [1.807, 2.05) is 25.1 Å². The number of hydrogen-bond acceptors (Lipinski definition) is 6. The van der Waals surface area contributed by atoms with Gasteiger partial charge in [0.2, 0.25) is 5.91 Å². The number of nitro groups is 1. The van der Waals surface area contributed by atoms with Gasteiger partial charge in [0, 0.05) is 30.7 Å². The highest BCUT2D eigenvalue weighted by Gasteiger charge is 2.16.